The number of ether oxygens (including phenoxy) is 1. The van der Waals surface area contributed by atoms with E-state index in [1.165, 1.54) is 6.07 Å². The van der Waals surface area contributed by atoms with Crippen LogP contribution in [0.25, 0.3) is 0 Å². The molecule has 6 nitrogen and oxygen atoms in total. The Balaban J connectivity index is 1.44. The summed E-state index contributed by atoms with van der Waals surface area (Å²) in [6, 6.07) is 4.11. The van der Waals surface area contributed by atoms with Crippen LogP contribution in [0.3, 0.4) is 0 Å². The van der Waals surface area contributed by atoms with Crippen LogP contribution < -0.4 is 0 Å². The lowest BCUT2D eigenvalue weighted by molar-refractivity contribution is -0.140. The molecule has 2 fully saturated rings. The molecule has 1 saturated carbocycles. The smallest absolute Gasteiger partial charge is 0.226 e. The van der Waals surface area contributed by atoms with Crippen molar-refractivity contribution in [2.24, 2.45) is 5.92 Å². The maximum atomic E-state index is 13.9. The third-order valence-electron chi connectivity index (χ3n) is 4.77. The zero-order valence-electron chi connectivity index (χ0n) is 13.7. The van der Waals surface area contributed by atoms with Gasteiger partial charge in [-0.2, -0.15) is 5.10 Å². The van der Waals surface area contributed by atoms with Gasteiger partial charge < -0.3 is 9.64 Å². The molecule has 0 bridgehead atoms. The molecule has 25 heavy (non-hydrogen) atoms. The molecule has 0 spiro atoms. The summed E-state index contributed by atoms with van der Waals surface area (Å²) in [5.41, 5.74) is 0.285. The topological polar surface area (TPSA) is 71.1 Å². The number of halogens is 2. The fourth-order valence-corrected chi connectivity index (χ4v) is 3.36. The van der Waals surface area contributed by atoms with Gasteiger partial charge in [-0.25, -0.2) is 13.8 Å². The van der Waals surface area contributed by atoms with Crippen molar-refractivity contribution in [3.8, 4) is 0 Å². The number of benzene rings is 1. The SMILES string of the molecule is Cc1nc([C@@H]2CN(C(=O)[C@@H]3C[C@H]3c3cccc(F)c3F)CCO2)n[nH]1. The Morgan fingerprint density at radius 2 is 2.24 bits per heavy atom. The molecule has 1 aliphatic carbocycles. The Hall–Kier alpha value is -2.35. The van der Waals surface area contributed by atoms with Gasteiger partial charge in [-0.05, 0) is 30.9 Å². The molecule has 1 aromatic carbocycles. The maximum absolute atomic E-state index is 13.9. The third kappa shape index (κ3) is 3.02. The van der Waals surface area contributed by atoms with Gasteiger partial charge in [-0.15, -0.1) is 0 Å². The number of hydrogen-bond donors (Lipinski definition) is 1. The van der Waals surface area contributed by atoms with Crippen LogP contribution in [0, 0.1) is 24.5 Å². The highest BCUT2D eigenvalue weighted by atomic mass is 19.2. The number of morpholine rings is 1. The van der Waals surface area contributed by atoms with Gasteiger partial charge in [0.15, 0.2) is 17.5 Å². The van der Waals surface area contributed by atoms with E-state index < -0.39 is 11.6 Å². The van der Waals surface area contributed by atoms with Gasteiger partial charge in [0, 0.05) is 12.5 Å². The molecule has 2 aliphatic rings. The van der Waals surface area contributed by atoms with Crippen molar-refractivity contribution in [3.63, 3.8) is 0 Å². The molecule has 1 N–H and O–H groups in total. The van der Waals surface area contributed by atoms with E-state index in [0.717, 1.165) is 6.07 Å². The Kier molecular flexibility index (Phi) is 3.99. The van der Waals surface area contributed by atoms with E-state index in [0.29, 0.717) is 37.8 Å². The van der Waals surface area contributed by atoms with Crippen molar-refractivity contribution >= 4 is 5.91 Å². The molecule has 1 aromatic heterocycles. The van der Waals surface area contributed by atoms with E-state index in [1.54, 1.807) is 17.9 Å². The first-order valence-electron chi connectivity index (χ1n) is 8.28. The summed E-state index contributed by atoms with van der Waals surface area (Å²) in [4.78, 5) is 18.7. The number of nitrogens with one attached hydrogen (secondary N) is 1. The highest BCUT2D eigenvalue weighted by molar-refractivity contribution is 5.83. The number of nitrogens with zero attached hydrogens (tertiary/aromatic N) is 3. The standard InChI is InChI=1S/C17H18F2N4O2/c1-9-20-16(22-21-9)14-8-23(5-6-25-14)17(24)12-7-11(12)10-3-2-4-13(18)15(10)19/h2-4,11-12,14H,5-8H2,1H3,(H,20,21,22)/t11-,12+,14-/m0/s1. The third-order valence-corrected chi connectivity index (χ3v) is 4.77. The summed E-state index contributed by atoms with van der Waals surface area (Å²) in [7, 11) is 0. The van der Waals surface area contributed by atoms with Gasteiger partial charge in [0.1, 0.15) is 11.9 Å². The number of rotatable bonds is 3. The van der Waals surface area contributed by atoms with E-state index in [-0.39, 0.29) is 29.4 Å². The van der Waals surface area contributed by atoms with Crippen molar-refractivity contribution < 1.29 is 18.3 Å². The number of carbonyl (C=O) groups excluding carboxylic acids is 1. The molecule has 1 saturated heterocycles. The maximum Gasteiger partial charge on any atom is 0.226 e. The Labute approximate surface area is 143 Å². The summed E-state index contributed by atoms with van der Waals surface area (Å²) in [5.74, 6) is -1.11. The lowest BCUT2D eigenvalue weighted by atomic mass is 10.1. The average molecular weight is 348 g/mol. The number of hydrogen-bond acceptors (Lipinski definition) is 4. The lowest BCUT2D eigenvalue weighted by Crippen LogP contribution is -2.43. The van der Waals surface area contributed by atoms with E-state index in [9.17, 15) is 13.6 Å². The van der Waals surface area contributed by atoms with Crippen molar-refractivity contribution in [2.75, 3.05) is 19.7 Å². The number of H-pyrrole nitrogens is 1. The van der Waals surface area contributed by atoms with Gasteiger partial charge >= 0.3 is 0 Å². The molecule has 2 aromatic rings. The Morgan fingerprint density at radius 1 is 1.40 bits per heavy atom. The van der Waals surface area contributed by atoms with E-state index >= 15 is 0 Å². The number of carbonyl (C=O) groups is 1. The second-order valence-electron chi connectivity index (χ2n) is 6.51. The quantitative estimate of drug-likeness (QED) is 0.922. The molecule has 1 aliphatic heterocycles. The molecule has 8 heteroatoms. The molecule has 132 valence electrons. The Morgan fingerprint density at radius 3 is 3.00 bits per heavy atom. The minimum absolute atomic E-state index is 0.0470. The van der Waals surface area contributed by atoms with E-state index in [1.807, 2.05) is 0 Å². The van der Waals surface area contributed by atoms with Crippen molar-refractivity contribution in [2.45, 2.75) is 25.4 Å². The summed E-state index contributed by atoms with van der Waals surface area (Å²) in [6.45, 7) is 3.04. The predicted octanol–water partition coefficient (Wildman–Crippen LogP) is 2.09. The number of aromatic amines is 1. The van der Waals surface area contributed by atoms with Gasteiger partial charge in [0.05, 0.1) is 13.2 Å². The monoisotopic (exact) mass is 348 g/mol. The van der Waals surface area contributed by atoms with Crippen molar-refractivity contribution in [1.29, 1.82) is 0 Å². The lowest BCUT2D eigenvalue weighted by Gasteiger charge is -2.32. The van der Waals surface area contributed by atoms with E-state index in [2.05, 4.69) is 15.2 Å². The van der Waals surface area contributed by atoms with E-state index in [4.69, 9.17) is 4.74 Å². The molecule has 0 radical (unpaired) electrons. The van der Waals surface area contributed by atoms with Crippen LogP contribution in [0.15, 0.2) is 18.2 Å². The van der Waals surface area contributed by atoms with Crippen LogP contribution in [-0.2, 0) is 9.53 Å². The van der Waals surface area contributed by atoms with Crippen molar-refractivity contribution in [1.82, 2.24) is 20.1 Å². The molecular formula is C17H18F2N4O2. The first kappa shape index (κ1) is 16.1. The fourth-order valence-electron chi connectivity index (χ4n) is 3.36. The summed E-state index contributed by atoms with van der Waals surface area (Å²) in [6.07, 6.45) is 0.173. The molecule has 4 rings (SSSR count). The van der Waals surface area contributed by atoms with Crippen LogP contribution in [0.2, 0.25) is 0 Å². The molecule has 3 atom stereocenters. The summed E-state index contributed by atoms with van der Waals surface area (Å²) >= 11 is 0. The largest absolute Gasteiger partial charge is 0.366 e. The second-order valence-corrected chi connectivity index (χ2v) is 6.51. The first-order chi connectivity index (χ1) is 12.0. The van der Waals surface area contributed by atoms with Crippen LogP contribution in [-0.4, -0.2) is 45.7 Å². The van der Waals surface area contributed by atoms with Crippen LogP contribution in [0.5, 0.6) is 0 Å². The van der Waals surface area contributed by atoms with Crippen molar-refractivity contribution in [3.05, 3.63) is 47.0 Å². The zero-order valence-corrected chi connectivity index (χ0v) is 13.7. The minimum Gasteiger partial charge on any atom is -0.366 e. The minimum atomic E-state index is -0.873. The highest BCUT2D eigenvalue weighted by Gasteiger charge is 2.48. The summed E-state index contributed by atoms with van der Waals surface area (Å²) < 4.78 is 33.0. The fraction of sp³-hybridized carbons (Fsp3) is 0.471. The van der Waals surface area contributed by atoms with Gasteiger partial charge in [0.25, 0.3) is 0 Å². The number of aromatic nitrogens is 3. The van der Waals surface area contributed by atoms with Crippen LogP contribution >= 0.6 is 0 Å². The summed E-state index contributed by atoms with van der Waals surface area (Å²) in [5, 5.41) is 6.85. The highest BCUT2D eigenvalue weighted by Crippen LogP contribution is 2.49. The van der Waals surface area contributed by atoms with Gasteiger partial charge in [-0.3, -0.25) is 9.89 Å². The second kappa shape index (κ2) is 6.18. The van der Waals surface area contributed by atoms with Crippen LogP contribution in [0.4, 0.5) is 8.78 Å². The van der Waals surface area contributed by atoms with Crippen LogP contribution in [0.1, 0.15) is 35.7 Å². The van der Waals surface area contributed by atoms with Gasteiger partial charge in [0.2, 0.25) is 5.91 Å². The van der Waals surface area contributed by atoms with Gasteiger partial charge in [-0.1, -0.05) is 12.1 Å². The number of amides is 1. The zero-order chi connectivity index (χ0) is 17.6. The predicted molar refractivity (Wildman–Crippen MR) is 83.6 cm³/mol. The molecule has 2 heterocycles. The molecule has 1 amide bonds. The first-order valence-corrected chi connectivity index (χ1v) is 8.28. The average Bonchev–Trinajstić information content (AvgIpc) is 3.29. The number of aryl methyl sites for hydroxylation is 1. The Bertz CT molecular complexity index is 810. The molecule has 0 unspecified atom stereocenters. The molecular weight excluding hydrogens is 330 g/mol. The normalized spacial score (nSPS) is 25.9.